The maximum Gasteiger partial charge on any atom is 0.303 e. The molecule has 1 aromatic rings. The molecule has 1 aromatic carbocycles. The summed E-state index contributed by atoms with van der Waals surface area (Å²) in [6, 6.07) is 3.96. The van der Waals surface area contributed by atoms with Crippen molar-refractivity contribution in [3.63, 3.8) is 0 Å². The maximum atomic E-state index is 10.6. The van der Waals surface area contributed by atoms with E-state index in [2.05, 4.69) is 0 Å². The van der Waals surface area contributed by atoms with Crippen LogP contribution >= 0.6 is 11.6 Å². The third-order valence-electron chi connectivity index (χ3n) is 5.79. The van der Waals surface area contributed by atoms with E-state index in [0.717, 1.165) is 35.3 Å². The number of rotatable bonds is 11. The number of aliphatic hydroxyl groups excluding tert-OH is 2. The number of carboxylic acids is 1. The van der Waals surface area contributed by atoms with Crippen molar-refractivity contribution >= 4 is 17.6 Å². The van der Waals surface area contributed by atoms with Gasteiger partial charge in [-0.1, -0.05) is 12.2 Å². The Morgan fingerprint density at radius 2 is 1.93 bits per heavy atom. The Morgan fingerprint density at radius 3 is 2.55 bits per heavy atom. The van der Waals surface area contributed by atoms with Crippen LogP contribution in [0.2, 0.25) is 0 Å². The SMILES string of the molecule is Cc1cc(OC[C@@H]2[C@@H](CC=CCCCC(=O)O)[C@H](Cl)C[C@H]2O)cc(C)c1CCO. The fourth-order valence-electron chi connectivity index (χ4n) is 4.17. The van der Waals surface area contributed by atoms with E-state index in [1.54, 1.807) is 0 Å². The van der Waals surface area contributed by atoms with Crippen LogP contribution in [0.25, 0.3) is 0 Å². The highest BCUT2D eigenvalue weighted by atomic mass is 35.5. The Labute approximate surface area is 178 Å². The first-order chi connectivity index (χ1) is 13.8. The monoisotopic (exact) mass is 424 g/mol. The van der Waals surface area contributed by atoms with Crippen LogP contribution < -0.4 is 4.74 Å². The van der Waals surface area contributed by atoms with E-state index < -0.39 is 12.1 Å². The molecule has 0 spiro atoms. The van der Waals surface area contributed by atoms with Gasteiger partial charge < -0.3 is 20.1 Å². The standard InChI is InChI=1S/C23H33ClO5/c1-15-11-17(12-16(2)18(15)9-10-25)29-14-20-19(21(24)13-22(20)26)7-5-3-4-6-8-23(27)28/h3,5,11-12,19-22,25-26H,4,6-10,13-14H2,1-2H3,(H,27,28)/t19-,20-,21-,22-/m1/s1. The molecule has 0 unspecified atom stereocenters. The van der Waals surface area contributed by atoms with E-state index in [9.17, 15) is 15.0 Å². The minimum atomic E-state index is -0.773. The third kappa shape index (κ3) is 7.02. The molecule has 162 valence electrons. The van der Waals surface area contributed by atoms with Gasteiger partial charge in [0, 0.05) is 24.3 Å². The van der Waals surface area contributed by atoms with Crippen molar-refractivity contribution in [2.45, 2.75) is 63.9 Å². The second-order valence-corrected chi connectivity index (χ2v) is 8.52. The van der Waals surface area contributed by atoms with Gasteiger partial charge in [-0.05, 0) is 80.7 Å². The number of carbonyl (C=O) groups is 1. The van der Waals surface area contributed by atoms with Crippen LogP contribution in [0, 0.1) is 25.7 Å². The number of aliphatic carboxylic acids is 1. The lowest BCUT2D eigenvalue weighted by Gasteiger charge is -2.23. The molecule has 0 aliphatic heterocycles. The number of aryl methyl sites for hydroxylation is 2. The van der Waals surface area contributed by atoms with Gasteiger partial charge in [-0.3, -0.25) is 4.79 Å². The number of allylic oxidation sites excluding steroid dienone is 2. The zero-order valence-electron chi connectivity index (χ0n) is 17.3. The number of hydrogen-bond acceptors (Lipinski definition) is 4. The Kier molecular flexibility index (Phi) is 9.47. The van der Waals surface area contributed by atoms with E-state index >= 15 is 0 Å². The van der Waals surface area contributed by atoms with Crippen molar-refractivity contribution in [1.82, 2.24) is 0 Å². The van der Waals surface area contributed by atoms with Crippen LogP contribution in [0.15, 0.2) is 24.3 Å². The molecule has 5 nitrogen and oxygen atoms in total. The lowest BCUT2D eigenvalue weighted by molar-refractivity contribution is -0.137. The first-order valence-electron chi connectivity index (χ1n) is 10.4. The van der Waals surface area contributed by atoms with E-state index in [1.807, 2.05) is 38.1 Å². The van der Waals surface area contributed by atoms with Gasteiger partial charge in [-0.2, -0.15) is 0 Å². The molecule has 1 aliphatic rings. The Morgan fingerprint density at radius 1 is 1.24 bits per heavy atom. The number of hydrogen-bond donors (Lipinski definition) is 3. The summed E-state index contributed by atoms with van der Waals surface area (Å²) in [4.78, 5) is 10.6. The molecular formula is C23H33ClO5. The first-order valence-corrected chi connectivity index (χ1v) is 10.8. The van der Waals surface area contributed by atoms with Crippen molar-refractivity contribution in [1.29, 1.82) is 0 Å². The average Bonchev–Trinajstić information content (AvgIpc) is 2.92. The second kappa shape index (κ2) is 11.6. The van der Waals surface area contributed by atoms with Gasteiger partial charge in [0.15, 0.2) is 0 Å². The zero-order valence-corrected chi connectivity index (χ0v) is 18.1. The number of unbranched alkanes of at least 4 members (excludes halogenated alkanes) is 1. The lowest BCUT2D eigenvalue weighted by atomic mass is 9.92. The normalized spacial score (nSPS) is 24.3. The highest BCUT2D eigenvalue weighted by Gasteiger charge is 2.41. The molecule has 1 fully saturated rings. The number of alkyl halides is 1. The van der Waals surface area contributed by atoms with E-state index in [-0.39, 0.29) is 30.2 Å². The summed E-state index contributed by atoms with van der Waals surface area (Å²) >= 11 is 6.49. The number of ether oxygens (including phenoxy) is 1. The molecule has 6 heteroatoms. The van der Waals surface area contributed by atoms with Crippen molar-refractivity contribution in [2.75, 3.05) is 13.2 Å². The number of benzene rings is 1. The van der Waals surface area contributed by atoms with Crippen LogP contribution in [0.3, 0.4) is 0 Å². The molecule has 0 heterocycles. The second-order valence-electron chi connectivity index (χ2n) is 7.96. The van der Waals surface area contributed by atoms with Crippen LogP contribution in [0.1, 0.15) is 48.8 Å². The molecule has 0 aromatic heterocycles. The smallest absolute Gasteiger partial charge is 0.303 e. The van der Waals surface area contributed by atoms with Crippen molar-refractivity contribution in [3.05, 3.63) is 41.0 Å². The summed E-state index contributed by atoms with van der Waals surface area (Å²) < 4.78 is 6.03. The third-order valence-corrected chi connectivity index (χ3v) is 6.29. The number of carboxylic acid groups (broad SMARTS) is 1. The van der Waals surface area contributed by atoms with Crippen molar-refractivity contribution < 1.29 is 24.9 Å². The largest absolute Gasteiger partial charge is 0.493 e. The molecule has 3 N–H and O–H groups in total. The Hall–Kier alpha value is -1.56. The summed E-state index contributed by atoms with van der Waals surface area (Å²) in [7, 11) is 0. The molecule has 1 saturated carbocycles. The van der Waals surface area contributed by atoms with E-state index in [1.165, 1.54) is 0 Å². The lowest BCUT2D eigenvalue weighted by Crippen LogP contribution is -2.27. The first kappa shape index (κ1) is 23.7. The molecular weight excluding hydrogens is 392 g/mol. The summed E-state index contributed by atoms with van der Waals surface area (Å²) in [5, 5.41) is 28.2. The highest BCUT2D eigenvalue weighted by molar-refractivity contribution is 6.21. The molecule has 4 atom stereocenters. The van der Waals surface area contributed by atoms with Gasteiger partial charge in [0.05, 0.1) is 12.7 Å². The van der Waals surface area contributed by atoms with Gasteiger partial charge in [0.25, 0.3) is 0 Å². The molecule has 0 saturated heterocycles. The summed E-state index contributed by atoms with van der Waals surface area (Å²) in [5.74, 6) is 0.0808. The average molecular weight is 425 g/mol. The predicted octanol–water partition coefficient (Wildman–Crippen LogP) is 4.02. The number of halogens is 1. The van der Waals surface area contributed by atoms with Crippen molar-refractivity contribution in [2.24, 2.45) is 11.8 Å². The quantitative estimate of drug-likeness (QED) is 0.283. The van der Waals surface area contributed by atoms with E-state index in [0.29, 0.717) is 25.9 Å². The Balaban J connectivity index is 1.93. The topological polar surface area (TPSA) is 87.0 Å². The molecule has 2 rings (SSSR count). The Bertz CT molecular complexity index is 680. The molecule has 0 bridgehead atoms. The zero-order chi connectivity index (χ0) is 21.4. The molecule has 1 aliphatic carbocycles. The minimum Gasteiger partial charge on any atom is -0.493 e. The van der Waals surface area contributed by atoms with Gasteiger partial charge in [-0.25, -0.2) is 0 Å². The van der Waals surface area contributed by atoms with Crippen LogP contribution in [0.4, 0.5) is 0 Å². The van der Waals surface area contributed by atoms with Crippen LogP contribution in [-0.2, 0) is 11.2 Å². The summed E-state index contributed by atoms with van der Waals surface area (Å²) in [5.41, 5.74) is 3.33. The van der Waals surface area contributed by atoms with Crippen LogP contribution in [0.5, 0.6) is 5.75 Å². The summed E-state index contributed by atoms with van der Waals surface area (Å²) in [6.07, 6.45) is 7.03. The van der Waals surface area contributed by atoms with E-state index in [4.69, 9.17) is 21.4 Å². The van der Waals surface area contributed by atoms with Crippen molar-refractivity contribution in [3.8, 4) is 5.75 Å². The molecule has 0 amide bonds. The van der Waals surface area contributed by atoms with Gasteiger partial charge in [-0.15, -0.1) is 11.6 Å². The van der Waals surface area contributed by atoms with Gasteiger partial charge in [0.1, 0.15) is 5.75 Å². The molecule has 0 radical (unpaired) electrons. The minimum absolute atomic E-state index is 0.0427. The fourth-order valence-corrected chi connectivity index (χ4v) is 4.64. The van der Waals surface area contributed by atoms with Crippen LogP contribution in [-0.4, -0.2) is 46.0 Å². The predicted molar refractivity (Wildman–Crippen MR) is 115 cm³/mol. The molecule has 29 heavy (non-hydrogen) atoms. The highest BCUT2D eigenvalue weighted by Crippen LogP contribution is 2.39. The van der Waals surface area contributed by atoms with Gasteiger partial charge in [0.2, 0.25) is 0 Å². The maximum absolute atomic E-state index is 10.6. The van der Waals surface area contributed by atoms with Gasteiger partial charge >= 0.3 is 5.97 Å². The number of aliphatic hydroxyl groups is 2. The fraction of sp³-hybridized carbons (Fsp3) is 0.609. The summed E-state index contributed by atoms with van der Waals surface area (Å²) in [6.45, 7) is 4.56.